The van der Waals surface area contributed by atoms with Crippen LogP contribution in [0.3, 0.4) is 0 Å². The minimum atomic E-state index is -0.503. The molecular weight excluding hydrogens is 353 g/mol. The van der Waals surface area contributed by atoms with Gasteiger partial charge in [0.2, 0.25) is 0 Å². The third-order valence-corrected chi connectivity index (χ3v) is 3.89. The van der Waals surface area contributed by atoms with E-state index in [2.05, 4.69) is 15.3 Å². The van der Waals surface area contributed by atoms with Gasteiger partial charge in [0.05, 0.1) is 22.3 Å². The summed E-state index contributed by atoms with van der Waals surface area (Å²) in [6, 6.07) is 12.2. The number of hydrogen-bond donors (Lipinski definition) is 0. The van der Waals surface area contributed by atoms with Gasteiger partial charge in [-0.25, -0.2) is 9.07 Å². The molecule has 0 N–H and O–H groups in total. The zero-order valence-electron chi connectivity index (χ0n) is 13.8. The van der Waals surface area contributed by atoms with Crippen molar-refractivity contribution in [2.24, 2.45) is 0 Å². The SMILES string of the molecule is O=[N+]([O-])c1cc2cccnc2cc1OCc1cn(-c2ccc(F)cc2)nn1. The van der Waals surface area contributed by atoms with Crippen LogP contribution < -0.4 is 4.74 Å². The van der Waals surface area contributed by atoms with Gasteiger partial charge in [-0.15, -0.1) is 5.10 Å². The van der Waals surface area contributed by atoms with Crippen LogP contribution in [0.1, 0.15) is 5.69 Å². The predicted molar refractivity (Wildman–Crippen MR) is 94.0 cm³/mol. The Hall–Kier alpha value is -3.88. The lowest BCUT2D eigenvalue weighted by molar-refractivity contribution is -0.385. The number of hydrogen-bond acceptors (Lipinski definition) is 6. The van der Waals surface area contributed by atoms with Crippen LogP contribution in [0.2, 0.25) is 0 Å². The van der Waals surface area contributed by atoms with Gasteiger partial charge in [-0.3, -0.25) is 15.1 Å². The van der Waals surface area contributed by atoms with Crippen molar-refractivity contribution < 1.29 is 14.1 Å². The molecule has 2 aromatic heterocycles. The van der Waals surface area contributed by atoms with Crippen LogP contribution in [0.15, 0.2) is 60.9 Å². The van der Waals surface area contributed by atoms with Gasteiger partial charge in [-0.2, -0.15) is 0 Å². The highest BCUT2D eigenvalue weighted by molar-refractivity contribution is 5.83. The Labute approximate surface area is 152 Å². The molecule has 0 amide bonds. The average Bonchev–Trinajstić information content (AvgIpc) is 3.15. The zero-order valence-corrected chi connectivity index (χ0v) is 13.8. The van der Waals surface area contributed by atoms with Gasteiger partial charge in [0.15, 0.2) is 5.75 Å². The highest BCUT2D eigenvalue weighted by Crippen LogP contribution is 2.31. The molecule has 0 spiro atoms. The number of halogens is 1. The van der Waals surface area contributed by atoms with Crippen LogP contribution in [0.25, 0.3) is 16.6 Å². The van der Waals surface area contributed by atoms with Crippen molar-refractivity contribution in [2.75, 3.05) is 0 Å². The maximum absolute atomic E-state index is 13.0. The van der Waals surface area contributed by atoms with Crippen molar-refractivity contribution in [3.63, 3.8) is 0 Å². The first-order valence-corrected chi connectivity index (χ1v) is 7.93. The second-order valence-corrected chi connectivity index (χ2v) is 5.69. The second kappa shape index (κ2) is 6.79. The Balaban J connectivity index is 1.57. The first-order chi connectivity index (χ1) is 13.1. The van der Waals surface area contributed by atoms with Crippen LogP contribution in [-0.4, -0.2) is 24.9 Å². The van der Waals surface area contributed by atoms with E-state index < -0.39 is 4.92 Å². The number of nitro groups is 1. The van der Waals surface area contributed by atoms with Gasteiger partial charge in [-0.05, 0) is 30.3 Å². The number of ether oxygens (including phenoxy) is 1. The molecule has 2 aromatic carbocycles. The number of pyridine rings is 1. The van der Waals surface area contributed by atoms with Gasteiger partial charge in [0.25, 0.3) is 0 Å². The Bertz CT molecular complexity index is 1130. The summed E-state index contributed by atoms with van der Waals surface area (Å²) in [5.74, 6) is -0.248. The Morgan fingerprint density at radius 3 is 2.78 bits per heavy atom. The molecule has 0 fully saturated rings. The van der Waals surface area contributed by atoms with Crippen molar-refractivity contribution in [1.29, 1.82) is 0 Å². The van der Waals surface area contributed by atoms with E-state index in [0.717, 1.165) is 0 Å². The summed E-state index contributed by atoms with van der Waals surface area (Å²) in [6.45, 7) is -0.0135. The average molecular weight is 365 g/mol. The first-order valence-electron chi connectivity index (χ1n) is 7.93. The number of benzene rings is 2. The monoisotopic (exact) mass is 365 g/mol. The molecule has 0 aliphatic carbocycles. The second-order valence-electron chi connectivity index (χ2n) is 5.69. The minimum absolute atomic E-state index is 0.0135. The quantitative estimate of drug-likeness (QED) is 0.397. The van der Waals surface area contributed by atoms with Crippen LogP contribution >= 0.6 is 0 Å². The molecule has 134 valence electrons. The van der Waals surface area contributed by atoms with E-state index in [1.165, 1.54) is 28.9 Å². The smallest absolute Gasteiger partial charge is 0.311 e. The van der Waals surface area contributed by atoms with Crippen molar-refractivity contribution in [2.45, 2.75) is 6.61 Å². The predicted octanol–water partition coefficient (Wildman–Crippen LogP) is 3.44. The summed E-state index contributed by atoms with van der Waals surface area (Å²) in [7, 11) is 0. The summed E-state index contributed by atoms with van der Waals surface area (Å²) in [4.78, 5) is 15.0. The summed E-state index contributed by atoms with van der Waals surface area (Å²) < 4.78 is 20.1. The molecule has 0 bridgehead atoms. The molecular formula is C18H12FN5O3. The molecule has 2 heterocycles. The molecule has 0 saturated heterocycles. The molecule has 8 nitrogen and oxygen atoms in total. The fourth-order valence-corrected chi connectivity index (χ4v) is 2.58. The highest BCUT2D eigenvalue weighted by Gasteiger charge is 2.17. The molecule has 27 heavy (non-hydrogen) atoms. The van der Waals surface area contributed by atoms with Crippen molar-refractivity contribution in [3.05, 3.63) is 82.6 Å². The lowest BCUT2D eigenvalue weighted by Crippen LogP contribution is -2.00. The number of rotatable bonds is 5. The zero-order chi connectivity index (χ0) is 18.8. The third kappa shape index (κ3) is 3.43. The maximum Gasteiger partial charge on any atom is 0.311 e. The molecule has 0 unspecified atom stereocenters. The van der Waals surface area contributed by atoms with E-state index in [1.54, 1.807) is 36.7 Å². The number of fused-ring (bicyclic) bond motifs is 1. The van der Waals surface area contributed by atoms with E-state index in [9.17, 15) is 14.5 Å². The van der Waals surface area contributed by atoms with Crippen molar-refractivity contribution in [3.8, 4) is 11.4 Å². The van der Waals surface area contributed by atoms with Gasteiger partial charge < -0.3 is 4.74 Å². The summed E-state index contributed by atoms with van der Waals surface area (Å²) in [5.41, 5.74) is 1.54. The molecule has 9 heteroatoms. The Morgan fingerprint density at radius 1 is 1.19 bits per heavy atom. The number of nitro benzene ring substituents is 1. The highest BCUT2D eigenvalue weighted by atomic mass is 19.1. The lowest BCUT2D eigenvalue weighted by Gasteiger charge is -2.06. The van der Waals surface area contributed by atoms with E-state index >= 15 is 0 Å². The standard InChI is InChI=1S/C18H12FN5O3/c19-13-3-5-15(6-4-13)23-10-14(21-22-23)11-27-18-9-16-12(2-1-7-20-16)8-17(18)24(25)26/h1-10H,11H2. The topological polar surface area (TPSA) is 96.0 Å². The van der Waals surface area contributed by atoms with E-state index in [0.29, 0.717) is 22.3 Å². The van der Waals surface area contributed by atoms with Crippen LogP contribution in [0.5, 0.6) is 5.75 Å². The van der Waals surface area contributed by atoms with Gasteiger partial charge in [0.1, 0.15) is 18.1 Å². The van der Waals surface area contributed by atoms with Crippen molar-refractivity contribution >= 4 is 16.6 Å². The Morgan fingerprint density at radius 2 is 2.00 bits per heavy atom. The molecule has 0 aliphatic rings. The normalized spacial score (nSPS) is 10.9. The molecule has 0 radical (unpaired) electrons. The molecule has 0 atom stereocenters. The number of nitrogens with zero attached hydrogens (tertiary/aromatic N) is 5. The first kappa shape index (κ1) is 16.6. The molecule has 4 rings (SSSR count). The summed E-state index contributed by atoms with van der Waals surface area (Å²) in [6.07, 6.45) is 3.21. The van der Waals surface area contributed by atoms with Crippen molar-refractivity contribution in [1.82, 2.24) is 20.0 Å². The lowest BCUT2D eigenvalue weighted by atomic mass is 10.2. The van der Waals surface area contributed by atoms with Crippen LogP contribution in [-0.2, 0) is 6.61 Å². The maximum atomic E-state index is 13.0. The number of aromatic nitrogens is 4. The van der Waals surface area contributed by atoms with Crippen LogP contribution in [0, 0.1) is 15.9 Å². The summed E-state index contributed by atoms with van der Waals surface area (Å²) in [5, 5.41) is 19.9. The summed E-state index contributed by atoms with van der Waals surface area (Å²) >= 11 is 0. The fourth-order valence-electron chi connectivity index (χ4n) is 2.58. The van der Waals surface area contributed by atoms with Gasteiger partial charge in [0, 0.05) is 23.7 Å². The Kier molecular flexibility index (Phi) is 4.17. The molecule has 4 aromatic rings. The molecule has 0 saturated carbocycles. The fraction of sp³-hybridized carbons (Fsp3) is 0.0556. The third-order valence-electron chi connectivity index (χ3n) is 3.89. The van der Waals surface area contributed by atoms with Gasteiger partial charge >= 0.3 is 5.69 Å². The van der Waals surface area contributed by atoms with Crippen LogP contribution in [0.4, 0.5) is 10.1 Å². The van der Waals surface area contributed by atoms with E-state index in [4.69, 9.17) is 4.74 Å². The van der Waals surface area contributed by atoms with E-state index in [-0.39, 0.29) is 23.9 Å². The molecule has 0 aliphatic heterocycles. The minimum Gasteiger partial charge on any atom is -0.480 e. The van der Waals surface area contributed by atoms with Gasteiger partial charge in [-0.1, -0.05) is 11.3 Å². The largest absolute Gasteiger partial charge is 0.480 e. The van der Waals surface area contributed by atoms with E-state index in [1.807, 2.05) is 0 Å².